The Labute approximate surface area is 82.1 Å². The SMILES string of the molecule is CC(C)(N)Cc1ccc([N+](=O)[O-])cn1. The van der Waals surface area contributed by atoms with Crippen molar-refractivity contribution in [3.8, 4) is 0 Å². The summed E-state index contributed by atoms with van der Waals surface area (Å²) in [5.41, 5.74) is 6.22. The maximum absolute atomic E-state index is 10.3. The van der Waals surface area contributed by atoms with E-state index in [2.05, 4.69) is 4.98 Å². The molecule has 0 saturated carbocycles. The normalized spacial score (nSPS) is 11.4. The molecule has 0 spiro atoms. The van der Waals surface area contributed by atoms with E-state index in [0.717, 1.165) is 5.69 Å². The number of hydrogen-bond donors (Lipinski definition) is 1. The topological polar surface area (TPSA) is 82.0 Å². The molecule has 0 amide bonds. The van der Waals surface area contributed by atoms with E-state index >= 15 is 0 Å². The van der Waals surface area contributed by atoms with Crippen LogP contribution in [0.5, 0.6) is 0 Å². The second-order valence-corrected chi connectivity index (χ2v) is 3.93. The van der Waals surface area contributed by atoms with E-state index < -0.39 is 4.92 Å². The fraction of sp³-hybridized carbons (Fsp3) is 0.444. The molecule has 1 aromatic heterocycles. The second kappa shape index (κ2) is 3.71. The van der Waals surface area contributed by atoms with Crippen molar-refractivity contribution >= 4 is 5.69 Å². The van der Waals surface area contributed by atoms with E-state index in [4.69, 9.17) is 5.73 Å². The van der Waals surface area contributed by atoms with Crippen LogP contribution in [0.25, 0.3) is 0 Å². The van der Waals surface area contributed by atoms with Gasteiger partial charge in [0.25, 0.3) is 5.69 Å². The quantitative estimate of drug-likeness (QED) is 0.581. The Balaban J connectivity index is 2.79. The molecule has 0 atom stereocenters. The van der Waals surface area contributed by atoms with Gasteiger partial charge in [0.05, 0.1) is 4.92 Å². The van der Waals surface area contributed by atoms with Crippen LogP contribution >= 0.6 is 0 Å². The van der Waals surface area contributed by atoms with E-state index in [1.807, 2.05) is 13.8 Å². The van der Waals surface area contributed by atoms with Gasteiger partial charge in [0.1, 0.15) is 6.20 Å². The van der Waals surface area contributed by atoms with Gasteiger partial charge < -0.3 is 5.73 Å². The molecule has 5 nitrogen and oxygen atoms in total. The van der Waals surface area contributed by atoms with E-state index in [9.17, 15) is 10.1 Å². The second-order valence-electron chi connectivity index (χ2n) is 3.93. The average molecular weight is 195 g/mol. The van der Waals surface area contributed by atoms with Gasteiger partial charge in [-0.3, -0.25) is 15.1 Å². The number of aromatic nitrogens is 1. The highest BCUT2D eigenvalue weighted by Gasteiger charge is 2.13. The largest absolute Gasteiger partial charge is 0.325 e. The lowest BCUT2D eigenvalue weighted by Crippen LogP contribution is -2.34. The fourth-order valence-corrected chi connectivity index (χ4v) is 1.10. The highest BCUT2D eigenvalue weighted by Crippen LogP contribution is 2.12. The third-order valence-corrected chi connectivity index (χ3v) is 1.66. The Bertz CT molecular complexity index is 327. The Morgan fingerprint density at radius 1 is 1.57 bits per heavy atom. The third kappa shape index (κ3) is 3.10. The first-order valence-electron chi connectivity index (χ1n) is 4.27. The van der Waals surface area contributed by atoms with Crippen LogP contribution in [0.4, 0.5) is 5.69 Å². The maximum Gasteiger partial charge on any atom is 0.287 e. The molecule has 0 aliphatic rings. The van der Waals surface area contributed by atoms with Gasteiger partial charge in [-0.25, -0.2) is 0 Å². The number of rotatable bonds is 3. The number of nitrogens with two attached hydrogens (primary N) is 1. The molecule has 0 aliphatic heterocycles. The summed E-state index contributed by atoms with van der Waals surface area (Å²) in [5.74, 6) is 0. The molecule has 76 valence electrons. The Hall–Kier alpha value is -1.49. The molecule has 0 unspecified atom stereocenters. The van der Waals surface area contributed by atoms with Crippen LogP contribution in [0.1, 0.15) is 19.5 Å². The van der Waals surface area contributed by atoms with Crippen molar-refractivity contribution in [1.82, 2.24) is 4.98 Å². The first kappa shape index (κ1) is 10.6. The van der Waals surface area contributed by atoms with Crippen molar-refractivity contribution in [2.75, 3.05) is 0 Å². The Morgan fingerprint density at radius 3 is 2.57 bits per heavy atom. The van der Waals surface area contributed by atoms with Crippen LogP contribution in [-0.4, -0.2) is 15.4 Å². The molecular formula is C9H13N3O2. The van der Waals surface area contributed by atoms with Gasteiger partial charge in [-0.1, -0.05) is 0 Å². The predicted molar refractivity (Wildman–Crippen MR) is 52.9 cm³/mol. The molecule has 5 heteroatoms. The summed E-state index contributed by atoms with van der Waals surface area (Å²) in [6.45, 7) is 3.77. The standard InChI is InChI=1S/C9H13N3O2/c1-9(2,10)5-7-3-4-8(6-11-7)12(13)14/h3-4,6H,5,10H2,1-2H3. The Morgan fingerprint density at radius 2 is 2.21 bits per heavy atom. The summed E-state index contributed by atoms with van der Waals surface area (Å²) in [4.78, 5) is 13.8. The van der Waals surface area contributed by atoms with Gasteiger partial charge in [0.15, 0.2) is 0 Å². The lowest BCUT2D eigenvalue weighted by atomic mass is 10.00. The summed E-state index contributed by atoms with van der Waals surface area (Å²) < 4.78 is 0. The van der Waals surface area contributed by atoms with Gasteiger partial charge in [-0.2, -0.15) is 0 Å². The molecule has 1 aromatic rings. The molecule has 0 radical (unpaired) electrons. The summed E-state index contributed by atoms with van der Waals surface area (Å²) in [6, 6.07) is 3.07. The Kier molecular flexibility index (Phi) is 2.81. The fourth-order valence-electron chi connectivity index (χ4n) is 1.10. The molecule has 0 aliphatic carbocycles. The van der Waals surface area contributed by atoms with Crippen molar-refractivity contribution < 1.29 is 4.92 Å². The molecule has 2 N–H and O–H groups in total. The van der Waals surface area contributed by atoms with Crippen molar-refractivity contribution in [3.63, 3.8) is 0 Å². The number of nitrogens with zero attached hydrogens (tertiary/aromatic N) is 2. The molecular weight excluding hydrogens is 182 g/mol. The minimum absolute atomic E-state index is 0.00331. The smallest absolute Gasteiger partial charge is 0.287 e. The zero-order chi connectivity index (χ0) is 10.8. The predicted octanol–water partition coefficient (Wildman–Crippen LogP) is 1.27. The molecule has 1 heterocycles. The lowest BCUT2D eigenvalue weighted by Gasteiger charge is -2.17. The highest BCUT2D eigenvalue weighted by atomic mass is 16.6. The summed E-state index contributed by atoms with van der Waals surface area (Å²) in [6.07, 6.45) is 1.85. The van der Waals surface area contributed by atoms with Gasteiger partial charge in [-0.05, 0) is 19.9 Å². The monoisotopic (exact) mass is 195 g/mol. The van der Waals surface area contributed by atoms with Crippen LogP contribution < -0.4 is 5.73 Å². The van der Waals surface area contributed by atoms with Crippen LogP contribution in [0.2, 0.25) is 0 Å². The highest BCUT2D eigenvalue weighted by molar-refractivity contribution is 5.27. The van der Waals surface area contributed by atoms with Gasteiger partial charge >= 0.3 is 0 Å². The average Bonchev–Trinajstić information content (AvgIpc) is 2.02. The summed E-state index contributed by atoms with van der Waals surface area (Å²) in [7, 11) is 0. The minimum Gasteiger partial charge on any atom is -0.325 e. The van der Waals surface area contributed by atoms with E-state index in [-0.39, 0.29) is 11.2 Å². The minimum atomic E-state index is -0.468. The number of hydrogen-bond acceptors (Lipinski definition) is 4. The molecule has 0 bridgehead atoms. The zero-order valence-corrected chi connectivity index (χ0v) is 8.23. The van der Waals surface area contributed by atoms with Gasteiger partial charge in [0, 0.05) is 23.7 Å². The molecule has 0 fully saturated rings. The van der Waals surface area contributed by atoms with E-state index in [1.165, 1.54) is 12.3 Å². The van der Waals surface area contributed by atoms with Crippen LogP contribution in [0, 0.1) is 10.1 Å². The van der Waals surface area contributed by atoms with Crippen molar-refractivity contribution in [1.29, 1.82) is 0 Å². The van der Waals surface area contributed by atoms with Crippen LogP contribution in [0.3, 0.4) is 0 Å². The van der Waals surface area contributed by atoms with Gasteiger partial charge in [0.2, 0.25) is 0 Å². The molecule has 14 heavy (non-hydrogen) atoms. The van der Waals surface area contributed by atoms with Crippen molar-refractivity contribution in [3.05, 3.63) is 34.1 Å². The zero-order valence-electron chi connectivity index (χ0n) is 8.23. The molecule has 0 aromatic carbocycles. The first-order chi connectivity index (χ1) is 6.38. The van der Waals surface area contributed by atoms with E-state index in [0.29, 0.717) is 6.42 Å². The van der Waals surface area contributed by atoms with Crippen molar-refractivity contribution in [2.24, 2.45) is 5.73 Å². The summed E-state index contributed by atoms with van der Waals surface area (Å²) >= 11 is 0. The maximum atomic E-state index is 10.3. The van der Waals surface area contributed by atoms with Crippen LogP contribution in [0.15, 0.2) is 18.3 Å². The number of pyridine rings is 1. The van der Waals surface area contributed by atoms with Gasteiger partial charge in [-0.15, -0.1) is 0 Å². The van der Waals surface area contributed by atoms with Crippen molar-refractivity contribution in [2.45, 2.75) is 25.8 Å². The van der Waals surface area contributed by atoms with E-state index in [1.54, 1.807) is 6.07 Å². The lowest BCUT2D eigenvalue weighted by molar-refractivity contribution is -0.385. The van der Waals surface area contributed by atoms with Crippen LogP contribution in [-0.2, 0) is 6.42 Å². The number of nitro groups is 1. The molecule has 0 saturated heterocycles. The summed E-state index contributed by atoms with van der Waals surface area (Å²) in [5, 5.41) is 10.3. The third-order valence-electron chi connectivity index (χ3n) is 1.66. The first-order valence-corrected chi connectivity index (χ1v) is 4.27. The molecule has 1 rings (SSSR count).